The zero-order valence-electron chi connectivity index (χ0n) is 16.2. The lowest BCUT2D eigenvalue weighted by Gasteiger charge is -2.23. The second-order valence-electron chi connectivity index (χ2n) is 6.72. The van der Waals surface area contributed by atoms with Gasteiger partial charge < -0.3 is 15.4 Å². The third-order valence-electron chi connectivity index (χ3n) is 4.49. The maximum Gasteiger partial charge on any atom is 0.408 e. The van der Waals surface area contributed by atoms with E-state index in [1.807, 2.05) is 0 Å². The van der Waals surface area contributed by atoms with Gasteiger partial charge in [0.1, 0.15) is 12.1 Å². The average Bonchev–Trinajstić information content (AvgIpc) is 2.64. The summed E-state index contributed by atoms with van der Waals surface area (Å²) in [6.45, 7) is 2.19. The van der Waals surface area contributed by atoms with E-state index in [0.29, 0.717) is 12.0 Å². The molecule has 0 bridgehead atoms. The van der Waals surface area contributed by atoms with Crippen molar-refractivity contribution in [1.29, 1.82) is 0 Å². The number of hydrogen-bond acceptors (Lipinski definition) is 6. The Morgan fingerprint density at radius 3 is 2.21 bits per heavy atom. The van der Waals surface area contributed by atoms with Crippen LogP contribution in [0, 0.1) is 0 Å². The van der Waals surface area contributed by atoms with E-state index in [2.05, 4.69) is 25.6 Å². The van der Waals surface area contributed by atoms with Gasteiger partial charge in [0.05, 0.1) is 6.10 Å². The van der Waals surface area contributed by atoms with E-state index in [1.54, 1.807) is 6.08 Å². The van der Waals surface area contributed by atoms with Gasteiger partial charge in [-0.25, -0.2) is 0 Å². The topological polar surface area (TPSA) is 72.0 Å². The molecule has 6 nitrogen and oxygen atoms in total. The van der Waals surface area contributed by atoms with E-state index in [4.69, 9.17) is 4.74 Å². The van der Waals surface area contributed by atoms with Gasteiger partial charge in [0, 0.05) is 7.11 Å². The summed E-state index contributed by atoms with van der Waals surface area (Å²) in [4.78, 5) is 11.7. The molecule has 0 saturated carbocycles. The number of anilines is 2. The van der Waals surface area contributed by atoms with Gasteiger partial charge in [-0.3, -0.25) is 0 Å². The predicted octanol–water partition coefficient (Wildman–Crippen LogP) is 4.57. The van der Waals surface area contributed by atoms with Crippen LogP contribution in [0.15, 0.2) is 6.08 Å². The number of aromatic nitrogens is 3. The smallest absolute Gasteiger partial charge is 0.377 e. The van der Waals surface area contributed by atoms with Crippen LogP contribution in [0.5, 0.6) is 0 Å². The minimum absolute atomic E-state index is 0.0122. The SMILES string of the molecule is CC[C@@H](Nc1nc(N[C@H](C)C(F)(F)F)nc(C2=CC(OC)CCC2)n1)C(F)(F)F. The van der Waals surface area contributed by atoms with Gasteiger partial charge in [-0.1, -0.05) is 6.92 Å². The molecule has 0 aliphatic heterocycles. The Hall–Kier alpha value is -2.11. The summed E-state index contributed by atoms with van der Waals surface area (Å²) < 4.78 is 83.2. The Balaban J connectivity index is 2.42. The Bertz CT molecular complexity index is 721. The fourth-order valence-electron chi connectivity index (χ4n) is 2.75. The summed E-state index contributed by atoms with van der Waals surface area (Å²) in [7, 11) is 1.51. The molecule has 0 saturated heterocycles. The first-order chi connectivity index (χ1) is 13.4. The molecular formula is C17H23F6N5O. The summed E-state index contributed by atoms with van der Waals surface area (Å²) in [6.07, 6.45) is -5.96. The van der Waals surface area contributed by atoms with Crippen molar-refractivity contribution in [3.05, 3.63) is 11.9 Å². The molecule has 164 valence electrons. The lowest BCUT2D eigenvalue weighted by molar-refractivity contribution is -0.143. The zero-order valence-corrected chi connectivity index (χ0v) is 16.2. The normalized spacial score (nSPS) is 20.0. The highest BCUT2D eigenvalue weighted by atomic mass is 19.4. The highest BCUT2D eigenvalue weighted by Crippen LogP contribution is 2.29. The third-order valence-corrected chi connectivity index (χ3v) is 4.49. The number of ether oxygens (including phenoxy) is 1. The van der Waals surface area contributed by atoms with Crippen molar-refractivity contribution < 1.29 is 31.1 Å². The number of allylic oxidation sites excluding steroid dienone is 1. The van der Waals surface area contributed by atoms with E-state index >= 15 is 0 Å². The van der Waals surface area contributed by atoms with Gasteiger partial charge in [0.15, 0.2) is 5.82 Å². The molecule has 1 unspecified atom stereocenters. The van der Waals surface area contributed by atoms with Gasteiger partial charge in [0.2, 0.25) is 11.9 Å². The predicted molar refractivity (Wildman–Crippen MR) is 95.3 cm³/mol. The van der Waals surface area contributed by atoms with E-state index in [9.17, 15) is 26.3 Å². The summed E-state index contributed by atoms with van der Waals surface area (Å²) in [6, 6.07) is -3.94. The van der Waals surface area contributed by atoms with E-state index in [0.717, 1.165) is 19.8 Å². The number of nitrogens with one attached hydrogen (secondary N) is 2. The van der Waals surface area contributed by atoms with Crippen molar-refractivity contribution in [1.82, 2.24) is 15.0 Å². The Morgan fingerprint density at radius 2 is 1.69 bits per heavy atom. The monoisotopic (exact) mass is 427 g/mol. The molecule has 12 heteroatoms. The van der Waals surface area contributed by atoms with Crippen LogP contribution in [0.1, 0.15) is 45.4 Å². The molecule has 1 aliphatic rings. The van der Waals surface area contributed by atoms with Crippen molar-refractivity contribution >= 4 is 17.5 Å². The minimum atomic E-state index is -4.58. The summed E-state index contributed by atoms with van der Waals surface area (Å²) >= 11 is 0. The minimum Gasteiger partial charge on any atom is -0.377 e. The molecule has 0 spiro atoms. The lowest BCUT2D eigenvalue weighted by atomic mass is 9.97. The van der Waals surface area contributed by atoms with Crippen LogP contribution in [-0.4, -0.2) is 52.6 Å². The van der Waals surface area contributed by atoms with Crippen molar-refractivity contribution in [3.8, 4) is 0 Å². The molecule has 0 fully saturated rings. The first-order valence-electron chi connectivity index (χ1n) is 9.10. The highest BCUT2D eigenvalue weighted by Gasteiger charge is 2.39. The van der Waals surface area contributed by atoms with Crippen LogP contribution in [-0.2, 0) is 4.74 Å². The largest absolute Gasteiger partial charge is 0.408 e. The van der Waals surface area contributed by atoms with Crippen LogP contribution in [0.4, 0.5) is 38.2 Å². The van der Waals surface area contributed by atoms with Gasteiger partial charge in [0.25, 0.3) is 0 Å². The fraction of sp³-hybridized carbons (Fsp3) is 0.706. The van der Waals surface area contributed by atoms with Crippen LogP contribution in [0.25, 0.3) is 5.57 Å². The summed E-state index contributed by atoms with van der Waals surface area (Å²) in [5.41, 5.74) is 0.580. The molecule has 0 aromatic carbocycles. The van der Waals surface area contributed by atoms with Crippen molar-refractivity contribution in [2.24, 2.45) is 0 Å². The zero-order chi connectivity index (χ0) is 21.8. The van der Waals surface area contributed by atoms with Gasteiger partial charge in [-0.05, 0) is 44.3 Å². The van der Waals surface area contributed by atoms with Gasteiger partial charge in [-0.15, -0.1) is 0 Å². The Morgan fingerprint density at radius 1 is 1.07 bits per heavy atom. The van der Waals surface area contributed by atoms with Gasteiger partial charge >= 0.3 is 12.4 Å². The number of methoxy groups -OCH3 is 1. The van der Waals surface area contributed by atoms with E-state index < -0.39 is 36.3 Å². The molecule has 1 aromatic heterocycles. The molecule has 29 heavy (non-hydrogen) atoms. The molecule has 2 rings (SSSR count). The summed E-state index contributed by atoms with van der Waals surface area (Å²) in [5.74, 6) is -0.894. The highest BCUT2D eigenvalue weighted by molar-refractivity contribution is 5.63. The molecule has 1 heterocycles. The maximum absolute atomic E-state index is 13.1. The lowest BCUT2D eigenvalue weighted by Crippen LogP contribution is -2.37. The molecule has 2 N–H and O–H groups in total. The van der Waals surface area contributed by atoms with E-state index in [-0.39, 0.29) is 18.3 Å². The maximum atomic E-state index is 13.1. The Kier molecular flexibility index (Phi) is 7.30. The molecule has 0 radical (unpaired) electrons. The van der Waals surface area contributed by atoms with Crippen molar-refractivity contribution in [3.63, 3.8) is 0 Å². The van der Waals surface area contributed by atoms with Crippen LogP contribution in [0.3, 0.4) is 0 Å². The van der Waals surface area contributed by atoms with Crippen LogP contribution >= 0.6 is 0 Å². The third kappa shape index (κ3) is 6.44. The standard InChI is InChI=1S/C17H23F6N5O/c1-4-12(17(21,22)23)25-15-27-13(10-6-5-7-11(8-10)29-3)26-14(28-15)24-9(2)16(18,19)20/h8-9,11-12H,4-7H2,1-3H3,(H2,24,25,26,27,28)/t9-,11?,12-/m1/s1. The first-order valence-corrected chi connectivity index (χ1v) is 9.10. The first kappa shape index (κ1) is 23.2. The molecule has 0 amide bonds. The number of alkyl halides is 6. The second kappa shape index (κ2) is 9.14. The number of hydrogen-bond donors (Lipinski definition) is 2. The Labute approximate surface area is 164 Å². The average molecular weight is 427 g/mol. The number of halogens is 6. The molecule has 1 aromatic rings. The van der Waals surface area contributed by atoms with Crippen LogP contribution < -0.4 is 10.6 Å². The number of rotatable bonds is 7. The van der Waals surface area contributed by atoms with Crippen LogP contribution in [0.2, 0.25) is 0 Å². The van der Waals surface area contributed by atoms with E-state index in [1.165, 1.54) is 14.0 Å². The number of nitrogens with zero attached hydrogens (tertiary/aromatic N) is 3. The van der Waals surface area contributed by atoms with Crippen molar-refractivity contribution in [2.45, 2.75) is 70.1 Å². The quantitative estimate of drug-likeness (QED) is 0.622. The second-order valence-corrected chi connectivity index (χ2v) is 6.72. The molecule has 1 aliphatic carbocycles. The fourth-order valence-corrected chi connectivity index (χ4v) is 2.75. The molecule has 3 atom stereocenters. The summed E-state index contributed by atoms with van der Waals surface area (Å²) in [5, 5.41) is 4.25. The van der Waals surface area contributed by atoms with Crippen molar-refractivity contribution in [2.75, 3.05) is 17.7 Å². The molecular weight excluding hydrogens is 404 g/mol. The van der Waals surface area contributed by atoms with Gasteiger partial charge in [-0.2, -0.15) is 41.3 Å².